The molecule has 0 saturated carbocycles. The van der Waals surface area contributed by atoms with Crippen molar-refractivity contribution in [3.8, 4) is 11.5 Å². The number of benzene rings is 1. The number of hydrogen-bond acceptors (Lipinski definition) is 10. The Morgan fingerprint density at radius 1 is 1.24 bits per heavy atom. The van der Waals surface area contributed by atoms with E-state index >= 15 is 0 Å². The quantitative estimate of drug-likeness (QED) is 0.455. The fourth-order valence-electron chi connectivity index (χ4n) is 3.47. The van der Waals surface area contributed by atoms with Crippen molar-refractivity contribution >= 4 is 44.5 Å². The number of hydrogen-bond donors (Lipinski definition) is 2. The van der Waals surface area contributed by atoms with Gasteiger partial charge < -0.3 is 24.7 Å². The number of aromatic nitrogens is 4. The van der Waals surface area contributed by atoms with Crippen molar-refractivity contribution in [2.24, 2.45) is 5.92 Å². The highest BCUT2D eigenvalue weighted by molar-refractivity contribution is 7.99. The fourth-order valence-corrected chi connectivity index (χ4v) is 6.00. The van der Waals surface area contributed by atoms with Crippen molar-refractivity contribution in [3.05, 3.63) is 18.5 Å². The second-order valence-corrected chi connectivity index (χ2v) is 11.1. The lowest BCUT2D eigenvalue weighted by Gasteiger charge is -2.18. The summed E-state index contributed by atoms with van der Waals surface area (Å²) in [6.45, 7) is 4.43. The molecule has 0 radical (unpaired) electrons. The zero-order valence-electron chi connectivity index (χ0n) is 18.9. The third-order valence-corrected chi connectivity index (χ3v) is 7.66. The molecule has 3 heterocycles. The van der Waals surface area contributed by atoms with Gasteiger partial charge in [-0.05, 0) is 17.7 Å². The molecule has 33 heavy (non-hydrogen) atoms. The third-order valence-electron chi connectivity index (χ3n) is 4.87. The molecule has 3 N–H and O–H groups in total. The Labute approximate surface area is 196 Å². The fraction of sp³-hybridized carbons (Fsp3) is 0.450. The van der Waals surface area contributed by atoms with Crippen LogP contribution in [0.25, 0.3) is 11.2 Å². The second-order valence-electron chi connectivity index (χ2n) is 8.22. The molecule has 1 aromatic carbocycles. The molecular formula is C20H27N7O4S2. The van der Waals surface area contributed by atoms with Crippen LogP contribution >= 0.6 is 11.8 Å². The molecule has 2 aromatic heterocycles. The lowest BCUT2D eigenvalue weighted by Crippen LogP contribution is -2.31. The molecule has 0 atom stereocenters. The van der Waals surface area contributed by atoms with Gasteiger partial charge in [0.2, 0.25) is 16.8 Å². The molecular weight excluding hydrogens is 466 g/mol. The van der Waals surface area contributed by atoms with Crippen molar-refractivity contribution in [1.82, 2.24) is 24.2 Å². The number of imidazole rings is 1. The van der Waals surface area contributed by atoms with Crippen LogP contribution in [0.15, 0.2) is 28.5 Å². The van der Waals surface area contributed by atoms with Gasteiger partial charge in [0, 0.05) is 44.2 Å². The first-order valence-electron chi connectivity index (χ1n) is 10.4. The first-order valence-corrected chi connectivity index (χ1v) is 12.8. The van der Waals surface area contributed by atoms with E-state index in [1.165, 1.54) is 18.1 Å². The van der Waals surface area contributed by atoms with Gasteiger partial charge in [0.15, 0.2) is 33.6 Å². The number of fused-ring (bicyclic) bond motifs is 2. The Kier molecular flexibility index (Phi) is 6.54. The van der Waals surface area contributed by atoms with Crippen molar-refractivity contribution in [1.29, 1.82) is 0 Å². The number of nitrogens with one attached hydrogen (secondary N) is 1. The van der Waals surface area contributed by atoms with E-state index in [4.69, 9.17) is 15.2 Å². The zero-order valence-corrected chi connectivity index (χ0v) is 20.5. The molecule has 1 aliphatic rings. The average Bonchev–Trinajstić information content (AvgIpc) is 3.31. The Hall–Kier alpha value is -2.77. The minimum Gasteiger partial charge on any atom is -0.454 e. The lowest BCUT2D eigenvalue weighted by atomic mass is 10.2. The topological polar surface area (TPSA) is 137 Å². The predicted molar refractivity (Wildman–Crippen MR) is 127 cm³/mol. The molecule has 3 aromatic rings. The summed E-state index contributed by atoms with van der Waals surface area (Å²) in [6.07, 6.45) is 1.37. The first kappa shape index (κ1) is 23.4. The van der Waals surface area contributed by atoms with Gasteiger partial charge in [-0.1, -0.05) is 13.8 Å². The molecule has 0 spiro atoms. The van der Waals surface area contributed by atoms with Crippen LogP contribution in [0.4, 0.5) is 11.5 Å². The summed E-state index contributed by atoms with van der Waals surface area (Å²) in [4.78, 5) is 15.9. The van der Waals surface area contributed by atoms with Gasteiger partial charge in [0.25, 0.3) is 0 Å². The monoisotopic (exact) mass is 493 g/mol. The van der Waals surface area contributed by atoms with Crippen LogP contribution in [0.3, 0.4) is 0 Å². The minimum atomic E-state index is -3.38. The second kappa shape index (κ2) is 9.23. The molecule has 0 unspecified atom stereocenters. The maximum atomic E-state index is 12.3. The number of rotatable bonds is 9. The van der Waals surface area contributed by atoms with Gasteiger partial charge in [0.1, 0.15) is 6.33 Å². The third kappa shape index (κ3) is 5.09. The van der Waals surface area contributed by atoms with E-state index in [1.54, 1.807) is 0 Å². The van der Waals surface area contributed by atoms with E-state index in [0.29, 0.717) is 34.4 Å². The molecule has 0 fully saturated rings. The number of nitrogens with zero attached hydrogens (tertiary/aromatic N) is 5. The Morgan fingerprint density at radius 2 is 1.97 bits per heavy atom. The van der Waals surface area contributed by atoms with Crippen molar-refractivity contribution in [3.63, 3.8) is 0 Å². The van der Waals surface area contributed by atoms with Gasteiger partial charge >= 0.3 is 0 Å². The van der Waals surface area contributed by atoms with Crippen LogP contribution in [0.1, 0.15) is 13.8 Å². The highest BCUT2D eigenvalue weighted by Gasteiger charge is 2.22. The normalized spacial score (nSPS) is 13.2. The summed E-state index contributed by atoms with van der Waals surface area (Å²) in [7, 11) is 0.507. The smallest absolute Gasteiger partial charge is 0.231 e. The van der Waals surface area contributed by atoms with E-state index in [9.17, 15) is 8.42 Å². The van der Waals surface area contributed by atoms with Gasteiger partial charge in [-0.15, -0.1) is 0 Å². The summed E-state index contributed by atoms with van der Waals surface area (Å²) in [5, 5.41) is 0.613. The predicted octanol–water partition coefficient (Wildman–Crippen LogP) is 1.93. The van der Waals surface area contributed by atoms with Gasteiger partial charge in [0.05, 0.1) is 11.4 Å². The molecule has 13 heteroatoms. The van der Waals surface area contributed by atoms with Crippen molar-refractivity contribution in [2.45, 2.75) is 30.4 Å². The Balaban J connectivity index is 1.68. The number of anilines is 2. The Morgan fingerprint density at radius 3 is 2.67 bits per heavy atom. The van der Waals surface area contributed by atoms with E-state index in [1.807, 2.05) is 49.5 Å². The van der Waals surface area contributed by atoms with Crippen molar-refractivity contribution in [2.75, 3.05) is 43.8 Å². The summed E-state index contributed by atoms with van der Waals surface area (Å²) in [5.41, 5.74) is 7.99. The van der Waals surface area contributed by atoms with E-state index in [-0.39, 0.29) is 30.8 Å². The van der Waals surface area contributed by atoms with Gasteiger partial charge in [-0.25, -0.2) is 28.1 Å². The SMILES string of the molecule is CC(C)CS(=O)(=O)NCCn1c(Sc2cc3c(cc2N(C)C)OCO3)nc2c(N)ncnc21. The molecule has 1 aliphatic heterocycles. The van der Waals surface area contributed by atoms with E-state index < -0.39 is 10.0 Å². The number of nitrogen functional groups attached to an aromatic ring is 1. The molecule has 0 saturated heterocycles. The highest BCUT2D eigenvalue weighted by atomic mass is 32.2. The number of ether oxygens (including phenoxy) is 2. The summed E-state index contributed by atoms with van der Waals surface area (Å²) in [6, 6.07) is 3.83. The Bertz CT molecular complexity index is 1280. The average molecular weight is 494 g/mol. The van der Waals surface area contributed by atoms with Crippen LogP contribution < -0.4 is 24.8 Å². The molecule has 178 valence electrons. The van der Waals surface area contributed by atoms with Gasteiger partial charge in [-0.2, -0.15) is 0 Å². The number of nitrogens with two attached hydrogens (primary N) is 1. The standard InChI is InChI=1S/C20H27N7O4S2/c1-12(2)9-33(28,29)24-5-6-27-19-17(18(21)22-10-23-19)25-20(27)32-16-8-15-14(30-11-31-15)7-13(16)26(3)4/h7-8,10,12,24H,5-6,9,11H2,1-4H3,(H2,21,22,23). The molecule has 4 rings (SSSR count). The van der Waals surface area contributed by atoms with Gasteiger partial charge in [-0.3, -0.25) is 0 Å². The first-order chi connectivity index (χ1) is 15.6. The van der Waals surface area contributed by atoms with Crippen LogP contribution in [0.5, 0.6) is 11.5 Å². The highest BCUT2D eigenvalue weighted by Crippen LogP contribution is 2.44. The molecule has 0 aliphatic carbocycles. The maximum Gasteiger partial charge on any atom is 0.231 e. The van der Waals surface area contributed by atoms with Crippen LogP contribution in [0, 0.1) is 5.92 Å². The van der Waals surface area contributed by atoms with Crippen LogP contribution in [-0.4, -0.2) is 61.1 Å². The van der Waals surface area contributed by atoms with Crippen molar-refractivity contribution < 1.29 is 17.9 Å². The lowest BCUT2D eigenvalue weighted by molar-refractivity contribution is 0.174. The molecule has 11 nitrogen and oxygen atoms in total. The van der Waals surface area contributed by atoms with E-state index in [0.717, 1.165) is 10.6 Å². The summed E-state index contributed by atoms with van der Waals surface area (Å²) >= 11 is 1.41. The van der Waals surface area contributed by atoms with E-state index in [2.05, 4.69) is 19.7 Å². The molecule has 0 amide bonds. The zero-order chi connectivity index (χ0) is 23.8. The van der Waals surface area contributed by atoms with Crippen LogP contribution in [0.2, 0.25) is 0 Å². The maximum absolute atomic E-state index is 12.3. The molecule has 0 bridgehead atoms. The summed E-state index contributed by atoms with van der Waals surface area (Å²) < 4.78 is 40.1. The van der Waals surface area contributed by atoms with Crippen LogP contribution in [-0.2, 0) is 16.6 Å². The summed E-state index contributed by atoms with van der Waals surface area (Å²) in [5.74, 6) is 1.71. The minimum absolute atomic E-state index is 0.0330. The largest absolute Gasteiger partial charge is 0.454 e. The number of sulfonamides is 1.